The second-order valence-electron chi connectivity index (χ2n) is 4.27. The van der Waals surface area contributed by atoms with E-state index in [1.165, 1.54) is 6.33 Å². The first kappa shape index (κ1) is 13.0. The van der Waals surface area contributed by atoms with E-state index in [0.29, 0.717) is 18.6 Å². The summed E-state index contributed by atoms with van der Waals surface area (Å²) in [6, 6.07) is 4.78. The third kappa shape index (κ3) is 2.69. The van der Waals surface area contributed by atoms with Crippen molar-refractivity contribution in [3.8, 4) is 0 Å². The molecule has 6 nitrogen and oxygen atoms in total. The van der Waals surface area contributed by atoms with Crippen molar-refractivity contribution < 1.29 is 8.42 Å². The minimum absolute atomic E-state index is 0.107. The normalized spacial score (nSPS) is 13.9. The van der Waals surface area contributed by atoms with Gasteiger partial charge in [0, 0.05) is 6.54 Å². The number of nitrogens with two attached hydrogens (primary N) is 1. The van der Waals surface area contributed by atoms with E-state index in [-0.39, 0.29) is 10.8 Å². The van der Waals surface area contributed by atoms with Crippen LogP contribution in [0.15, 0.2) is 29.4 Å². The van der Waals surface area contributed by atoms with Crippen LogP contribution in [0.3, 0.4) is 0 Å². The summed E-state index contributed by atoms with van der Waals surface area (Å²) in [5.41, 5.74) is 6.89. The first-order valence-corrected chi connectivity index (χ1v) is 7.14. The van der Waals surface area contributed by atoms with Gasteiger partial charge >= 0.3 is 0 Å². The number of aromatic nitrogens is 2. The van der Waals surface area contributed by atoms with Gasteiger partial charge in [0.15, 0.2) is 0 Å². The second kappa shape index (κ2) is 5.05. The van der Waals surface area contributed by atoms with Crippen molar-refractivity contribution >= 4 is 21.1 Å². The van der Waals surface area contributed by atoms with Gasteiger partial charge in [0.2, 0.25) is 10.0 Å². The molecule has 1 unspecified atom stereocenters. The lowest BCUT2D eigenvalue weighted by atomic mass is 10.2. The van der Waals surface area contributed by atoms with Crippen LogP contribution in [0.5, 0.6) is 0 Å². The summed E-state index contributed by atoms with van der Waals surface area (Å²) in [7, 11) is -3.49. The van der Waals surface area contributed by atoms with E-state index in [1.54, 1.807) is 18.2 Å². The molecule has 0 bridgehead atoms. The zero-order chi connectivity index (χ0) is 13.2. The van der Waals surface area contributed by atoms with Gasteiger partial charge in [0.1, 0.15) is 0 Å². The maximum absolute atomic E-state index is 12.0. The van der Waals surface area contributed by atoms with Crippen LogP contribution in [0.25, 0.3) is 11.0 Å². The first-order valence-electron chi connectivity index (χ1n) is 5.66. The molecule has 1 atom stereocenters. The molecule has 0 aliphatic heterocycles. The topological polar surface area (TPSA) is 101 Å². The molecule has 0 saturated carbocycles. The van der Waals surface area contributed by atoms with Crippen molar-refractivity contribution in [3.63, 3.8) is 0 Å². The highest BCUT2D eigenvalue weighted by atomic mass is 32.2. The Morgan fingerprint density at radius 1 is 1.50 bits per heavy atom. The Bertz CT molecular complexity index is 635. The molecule has 1 aromatic heterocycles. The van der Waals surface area contributed by atoms with Crippen molar-refractivity contribution in [2.45, 2.75) is 11.8 Å². The molecule has 0 amide bonds. The highest BCUT2D eigenvalue weighted by Crippen LogP contribution is 2.15. The summed E-state index contributed by atoms with van der Waals surface area (Å²) in [5, 5.41) is 0. The Morgan fingerprint density at radius 2 is 2.28 bits per heavy atom. The van der Waals surface area contributed by atoms with E-state index in [0.717, 1.165) is 5.52 Å². The van der Waals surface area contributed by atoms with Crippen LogP contribution < -0.4 is 10.5 Å². The standard InChI is InChI=1S/C11H16N4O2S/c1-8(5-12)6-15-18(16,17)9-2-3-10-11(4-9)14-7-13-10/h2-4,7-8,15H,5-6,12H2,1H3,(H,13,14). The third-order valence-electron chi connectivity index (χ3n) is 2.73. The van der Waals surface area contributed by atoms with E-state index >= 15 is 0 Å². The van der Waals surface area contributed by atoms with Gasteiger partial charge in [-0.05, 0) is 30.7 Å². The van der Waals surface area contributed by atoms with Crippen LogP contribution in [-0.4, -0.2) is 31.5 Å². The number of nitrogens with zero attached hydrogens (tertiary/aromatic N) is 1. The molecule has 18 heavy (non-hydrogen) atoms. The molecule has 4 N–H and O–H groups in total. The molecular formula is C11H16N4O2S. The third-order valence-corrected chi connectivity index (χ3v) is 4.15. The number of sulfonamides is 1. The molecule has 1 heterocycles. The fraction of sp³-hybridized carbons (Fsp3) is 0.364. The number of hydrogen-bond donors (Lipinski definition) is 3. The summed E-state index contributed by atoms with van der Waals surface area (Å²) in [4.78, 5) is 7.15. The number of imidazole rings is 1. The molecule has 2 rings (SSSR count). The largest absolute Gasteiger partial charge is 0.345 e. The quantitative estimate of drug-likeness (QED) is 0.732. The number of hydrogen-bond acceptors (Lipinski definition) is 4. The first-order chi connectivity index (χ1) is 8.53. The lowest BCUT2D eigenvalue weighted by molar-refractivity contribution is 0.545. The molecule has 98 valence electrons. The number of nitrogens with one attached hydrogen (secondary N) is 2. The lowest BCUT2D eigenvalue weighted by Gasteiger charge is -2.10. The number of benzene rings is 1. The van der Waals surface area contributed by atoms with Crippen molar-refractivity contribution in [2.24, 2.45) is 11.7 Å². The lowest BCUT2D eigenvalue weighted by Crippen LogP contribution is -2.31. The maximum Gasteiger partial charge on any atom is 0.240 e. The molecule has 7 heteroatoms. The minimum atomic E-state index is -3.49. The summed E-state index contributed by atoms with van der Waals surface area (Å²) >= 11 is 0. The maximum atomic E-state index is 12.0. The molecule has 1 aromatic carbocycles. The summed E-state index contributed by atoms with van der Waals surface area (Å²) < 4.78 is 26.6. The number of H-pyrrole nitrogens is 1. The molecule has 0 fully saturated rings. The fourth-order valence-electron chi connectivity index (χ4n) is 1.50. The van der Waals surface area contributed by atoms with Crippen LogP contribution >= 0.6 is 0 Å². The molecule has 0 aliphatic rings. The Kier molecular flexibility index (Phi) is 3.65. The molecule has 0 aliphatic carbocycles. The monoisotopic (exact) mass is 268 g/mol. The van der Waals surface area contributed by atoms with E-state index in [9.17, 15) is 8.42 Å². The van der Waals surface area contributed by atoms with Gasteiger partial charge in [-0.1, -0.05) is 6.92 Å². The summed E-state index contributed by atoms with van der Waals surface area (Å²) in [6.07, 6.45) is 1.53. The van der Waals surface area contributed by atoms with Gasteiger partial charge in [-0.2, -0.15) is 0 Å². The highest BCUT2D eigenvalue weighted by molar-refractivity contribution is 7.89. The molecule has 0 spiro atoms. The molecule has 2 aromatic rings. The Balaban J connectivity index is 2.23. The van der Waals surface area contributed by atoms with Crippen LogP contribution in [0.4, 0.5) is 0 Å². The predicted molar refractivity (Wildman–Crippen MR) is 69.5 cm³/mol. The minimum Gasteiger partial charge on any atom is -0.345 e. The average molecular weight is 268 g/mol. The van der Waals surface area contributed by atoms with Crippen molar-refractivity contribution in [3.05, 3.63) is 24.5 Å². The average Bonchev–Trinajstić information content (AvgIpc) is 2.83. The van der Waals surface area contributed by atoms with Crippen molar-refractivity contribution in [1.82, 2.24) is 14.7 Å². The SMILES string of the molecule is CC(CN)CNS(=O)(=O)c1ccc2nc[nH]c2c1. The predicted octanol–water partition coefficient (Wildman–Crippen LogP) is 0.436. The number of rotatable bonds is 5. The van der Waals surface area contributed by atoms with Crippen LogP contribution in [-0.2, 0) is 10.0 Å². The summed E-state index contributed by atoms with van der Waals surface area (Å²) in [5.74, 6) is 0.107. The smallest absolute Gasteiger partial charge is 0.240 e. The zero-order valence-corrected chi connectivity index (χ0v) is 10.9. The Morgan fingerprint density at radius 3 is 3.00 bits per heavy atom. The molecular weight excluding hydrogens is 252 g/mol. The van der Waals surface area contributed by atoms with E-state index < -0.39 is 10.0 Å². The van der Waals surface area contributed by atoms with Crippen LogP contribution in [0.1, 0.15) is 6.92 Å². The van der Waals surface area contributed by atoms with Gasteiger partial charge in [-0.15, -0.1) is 0 Å². The van der Waals surface area contributed by atoms with Crippen molar-refractivity contribution in [2.75, 3.05) is 13.1 Å². The van der Waals surface area contributed by atoms with E-state index in [2.05, 4.69) is 14.7 Å². The van der Waals surface area contributed by atoms with E-state index in [1.807, 2.05) is 6.92 Å². The van der Waals surface area contributed by atoms with Crippen molar-refractivity contribution in [1.29, 1.82) is 0 Å². The second-order valence-corrected chi connectivity index (χ2v) is 6.04. The number of aromatic amines is 1. The zero-order valence-electron chi connectivity index (χ0n) is 10.1. The van der Waals surface area contributed by atoms with Gasteiger partial charge in [0.05, 0.1) is 22.3 Å². The Labute approximate surface area is 106 Å². The fourth-order valence-corrected chi connectivity index (χ4v) is 2.69. The molecule has 0 saturated heterocycles. The van der Waals surface area contributed by atoms with Crippen LogP contribution in [0, 0.1) is 5.92 Å². The summed E-state index contributed by atoms with van der Waals surface area (Å²) in [6.45, 7) is 2.67. The number of fused-ring (bicyclic) bond motifs is 1. The van der Waals surface area contributed by atoms with Gasteiger partial charge < -0.3 is 10.7 Å². The highest BCUT2D eigenvalue weighted by Gasteiger charge is 2.15. The van der Waals surface area contributed by atoms with Gasteiger partial charge in [-0.3, -0.25) is 0 Å². The Hall–Kier alpha value is -1.44. The van der Waals surface area contributed by atoms with Gasteiger partial charge in [0.25, 0.3) is 0 Å². The molecule has 0 radical (unpaired) electrons. The van der Waals surface area contributed by atoms with Crippen LogP contribution in [0.2, 0.25) is 0 Å². The van der Waals surface area contributed by atoms with Gasteiger partial charge in [-0.25, -0.2) is 18.1 Å². The van der Waals surface area contributed by atoms with E-state index in [4.69, 9.17) is 5.73 Å².